The zero-order valence-electron chi connectivity index (χ0n) is 6.40. The Labute approximate surface area is 77.8 Å². The molecular formula is C8H6ClF3O. The molecule has 0 bridgehead atoms. The van der Waals surface area contributed by atoms with E-state index in [1.165, 1.54) is 0 Å². The monoisotopic (exact) mass is 210 g/mol. The number of benzene rings is 1. The van der Waals surface area contributed by atoms with E-state index in [9.17, 15) is 13.2 Å². The lowest BCUT2D eigenvalue weighted by molar-refractivity contribution is 0.146. The van der Waals surface area contributed by atoms with Gasteiger partial charge in [0.25, 0.3) is 6.43 Å². The van der Waals surface area contributed by atoms with E-state index in [1.807, 2.05) is 0 Å². The molecule has 1 N–H and O–H groups in total. The number of hydrogen-bond donors (Lipinski definition) is 1. The van der Waals surface area contributed by atoms with E-state index in [-0.39, 0.29) is 5.02 Å². The Bertz CT molecular complexity index is 315. The van der Waals surface area contributed by atoms with E-state index in [4.69, 9.17) is 16.7 Å². The highest BCUT2D eigenvalue weighted by Gasteiger charge is 2.17. The molecule has 0 fully saturated rings. The molecule has 0 radical (unpaired) electrons. The van der Waals surface area contributed by atoms with Crippen molar-refractivity contribution in [2.24, 2.45) is 0 Å². The van der Waals surface area contributed by atoms with Gasteiger partial charge in [0, 0.05) is 11.1 Å². The normalized spacial score (nSPS) is 10.9. The topological polar surface area (TPSA) is 20.2 Å². The average molecular weight is 211 g/mol. The standard InChI is InChI=1S/C8H6ClF3O/c9-6-2-1-4(8(11)12)5(3-13)7(6)10/h1-2,8,13H,3H2. The van der Waals surface area contributed by atoms with Gasteiger partial charge < -0.3 is 5.11 Å². The van der Waals surface area contributed by atoms with Gasteiger partial charge in [-0.1, -0.05) is 17.7 Å². The SMILES string of the molecule is OCc1c(C(F)F)ccc(Cl)c1F. The third-order valence-corrected chi connectivity index (χ3v) is 1.92. The highest BCUT2D eigenvalue weighted by atomic mass is 35.5. The molecule has 0 saturated heterocycles. The Kier molecular flexibility index (Phi) is 3.17. The van der Waals surface area contributed by atoms with Gasteiger partial charge in [-0.3, -0.25) is 0 Å². The van der Waals surface area contributed by atoms with Crippen LogP contribution in [0, 0.1) is 5.82 Å². The van der Waals surface area contributed by atoms with Gasteiger partial charge in [0.15, 0.2) is 0 Å². The predicted octanol–water partition coefficient (Wildman–Crippen LogP) is 2.91. The smallest absolute Gasteiger partial charge is 0.264 e. The lowest BCUT2D eigenvalue weighted by atomic mass is 10.1. The minimum atomic E-state index is -2.81. The van der Waals surface area contributed by atoms with Crippen molar-refractivity contribution in [3.63, 3.8) is 0 Å². The fraction of sp³-hybridized carbons (Fsp3) is 0.250. The summed E-state index contributed by atoms with van der Waals surface area (Å²) in [4.78, 5) is 0. The second-order valence-electron chi connectivity index (χ2n) is 2.39. The maximum atomic E-state index is 13.0. The Morgan fingerprint density at radius 3 is 2.46 bits per heavy atom. The molecule has 0 aliphatic rings. The Morgan fingerprint density at radius 1 is 1.38 bits per heavy atom. The Morgan fingerprint density at radius 2 is 2.00 bits per heavy atom. The van der Waals surface area contributed by atoms with Gasteiger partial charge in [0.1, 0.15) is 5.82 Å². The molecule has 0 aliphatic carbocycles. The van der Waals surface area contributed by atoms with Crippen molar-refractivity contribution < 1.29 is 18.3 Å². The molecule has 0 atom stereocenters. The van der Waals surface area contributed by atoms with E-state index in [0.29, 0.717) is 0 Å². The third kappa shape index (κ3) is 1.95. The van der Waals surface area contributed by atoms with Crippen LogP contribution in [0.3, 0.4) is 0 Å². The molecule has 0 amide bonds. The number of alkyl halides is 2. The second kappa shape index (κ2) is 3.98. The van der Waals surface area contributed by atoms with E-state index < -0.39 is 30.0 Å². The van der Waals surface area contributed by atoms with E-state index in [0.717, 1.165) is 12.1 Å². The van der Waals surface area contributed by atoms with Crippen molar-refractivity contribution in [3.05, 3.63) is 34.1 Å². The van der Waals surface area contributed by atoms with Crippen LogP contribution in [0.1, 0.15) is 17.6 Å². The Balaban J connectivity index is 3.30. The van der Waals surface area contributed by atoms with Crippen LogP contribution in [-0.2, 0) is 6.61 Å². The fourth-order valence-electron chi connectivity index (χ4n) is 0.973. The van der Waals surface area contributed by atoms with Gasteiger partial charge in [-0.15, -0.1) is 0 Å². The molecule has 0 saturated carbocycles. The maximum absolute atomic E-state index is 13.0. The molecule has 72 valence electrons. The van der Waals surface area contributed by atoms with Crippen LogP contribution >= 0.6 is 11.6 Å². The minimum absolute atomic E-state index is 0.270. The number of halogens is 4. The average Bonchev–Trinajstić information content (AvgIpc) is 2.09. The summed E-state index contributed by atoms with van der Waals surface area (Å²) < 4.78 is 37.4. The van der Waals surface area contributed by atoms with E-state index in [2.05, 4.69) is 0 Å². The molecule has 5 heteroatoms. The van der Waals surface area contributed by atoms with Gasteiger partial charge >= 0.3 is 0 Å². The van der Waals surface area contributed by atoms with Crippen molar-refractivity contribution in [3.8, 4) is 0 Å². The van der Waals surface area contributed by atoms with Crippen molar-refractivity contribution in [2.45, 2.75) is 13.0 Å². The first-order chi connectivity index (χ1) is 6.07. The van der Waals surface area contributed by atoms with Gasteiger partial charge in [0.05, 0.1) is 11.6 Å². The van der Waals surface area contributed by atoms with Crippen molar-refractivity contribution in [1.29, 1.82) is 0 Å². The number of aliphatic hydroxyl groups excluding tert-OH is 1. The zero-order valence-corrected chi connectivity index (χ0v) is 7.15. The van der Waals surface area contributed by atoms with Gasteiger partial charge in [-0.05, 0) is 6.07 Å². The number of rotatable bonds is 2. The summed E-state index contributed by atoms with van der Waals surface area (Å²) in [5, 5.41) is 8.37. The predicted molar refractivity (Wildman–Crippen MR) is 42.3 cm³/mol. The highest BCUT2D eigenvalue weighted by molar-refractivity contribution is 6.30. The van der Waals surface area contributed by atoms with Crippen LogP contribution in [0.2, 0.25) is 5.02 Å². The second-order valence-corrected chi connectivity index (χ2v) is 2.80. The summed E-state index contributed by atoms with van der Waals surface area (Å²) in [6, 6.07) is 2.04. The number of aliphatic hydroxyl groups is 1. The molecule has 0 spiro atoms. The summed E-state index contributed by atoms with van der Waals surface area (Å²) in [5.74, 6) is -0.984. The summed E-state index contributed by atoms with van der Waals surface area (Å²) in [6.45, 7) is -0.786. The third-order valence-electron chi connectivity index (χ3n) is 1.63. The summed E-state index contributed by atoms with van der Waals surface area (Å²) in [7, 11) is 0. The quantitative estimate of drug-likeness (QED) is 0.796. The lowest BCUT2D eigenvalue weighted by Crippen LogP contribution is -1.99. The fourth-order valence-corrected chi connectivity index (χ4v) is 1.15. The molecule has 1 nitrogen and oxygen atoms in total. The molecule has 0 unspecified atom stereocenters. The van der Waals surface area contributed by atoms with Crippen LogP contribution in [0.4, 0.5) is 13.2 Å². The first-order valence-corrected chi connectivity index (χ1v) is 3.81. The molecule has 1 aromatic carbocycles. The van der Waals surface area contributed by atoms with Gasteiger partial charge in [-0.25, -0.2) is 13.2 Å². The molecule has 1 aromatic rings. The maximum Gasteiger partial charge on any atom is 0.264 e. The van der Waals surface area contributed by atoms with Gasteiger partial charge in [0.2, 0.25) is 0 Å². The van der Waals surface area contributed by atoms with Crippen molar-refractivity contribution >= 4 is 11.6 Å². The van der Waals surface area contributed by atoms with Crippen LogP contribution in [0.25, 0.3) is 0 Å². The molecule has 1 rings (SSSR count). The number of hydrogen-bond acceptors (Lipinski definition) is 1. The molecule has 13 heavy (non-hydrogen) atoms. The van der Waals surface area contributed by atoms with Crippen molar-refractivity contribution in [1.82, 2.24) is 0 Å². The molecule has 0 heterocycles. The van der Waals surface area contributed by atoms with Crippen LogP contribution in [0.15, 0.2) is 12.1 Å². The zero-order chi connectivity index (χ0) is 10.0. The highest BCUT2D eigenvalue weighted by Crippen LogP contribution is 2.28. The van der Waals surface area contributed by atoms with Crippen LogP contribution < -0.4 is 0 Å². The van der Waals surface area contributed by atoms with Crippen LogP contribution in [0.5, 0.6) is 0 Å². The Hall–Kier alpha value is -0.740. The van der Waals surface area contributed by atoms with Crippen molar-refractivity contribution in [2.75, 3.05) is 0 Å². The summed E-state index contributed by atoms with van der Waals surface area (Å²) in [5.41, 5.74) is -0.966. The van der Waals surface area contributed by atoms with E-state index >= 15 is 0 Å². The largest absolute Gasteiger partial charge is 0.392 e. The van der Waals surface area contributed by atoms with Crippen LogP contribution in [-0.4, -0.2) is 5.11 Å². The first kappa shape index (κ1) is 10.3. The van der Waals surface area contributed by atoms with E-state index in [1.54, 1.807) is 0 Å². The molecule has 0 aromatic heterocycles. The minimum Gasteiger partial charge on any atom is -0.392 e. The molecule has 0 aliphatic heterocycles. The van der Waals surface area contributed by atoms with Gasteiger partial charge in [-0.2, -0.15) is 0 Å². The molecular weight excluding hydrogens is 205 g/mol. The first-order valence-electron chi connectivity index (χ1n) is 3.43. The summed E-state index contributed by atoms with van der Waals surface area (Å²) >= 11 is 5.34. The lowest BCUT2D eigenvalue weighted by Gasteiger charge is -2.07. The summed E-state index contributed by atoms with van der Waals surface area (Å²) in [6.07, 6.45) is -2.81.